The molecular weight excluding hydrogens is 198 g/mol. The number of hydrogen-bond acceptors (Lipinski definition) is 2. The zero-order chi connectivity index (χ0) is 12.0. The summed E-state index contributed by atoms with van der Waals surface area (Å²) >= 11 is 0. The minimum absolute atomic E-state index is 0.370. The molecule has 2 heteroatoms. The van der Waals surface area contributed by atoms with Crippen LogP contribution in [0.5, 0.6) is 0 Å². The van der Waals surface area contributed by atoms with Crippen molar-refractivity contribution in [1.82, 2.24) is 5.32 Å². The van der Waals surface area contributed by atoms with E-state index in [2.05, 4.69) is 39.1 Å². The average molecular weight is 223 g/mol. The van der Waals surface area contributed by atoms with Crippen LogP contribution in [0.4, 0.5) is 0 Å². The second-order valence-corrected chi connectivity index (χ2v) is 4.67. The van der Waals surface area contributed by atoms with Gasteiger partial charge in [0.25, 0.3) is 0 Å². The lowest BCUT2D eigenvalue weighted by atomic mass is 9.93. The first-order valence-corrected chi connectivity index (χ1v) is 6.48. The van der Waals surface area contributed by atoms with Crippen LogP contribution >= 0.6 is 0 Å². The van der Waals surface area contributed by atoms with Crippen molar-refractivity contribution in [1.29, 1.82) is 0 Å². The predicted octanol–water partition coefficient (Wildman–Crippen LogP) is 4.06. The van der Waals surface area contributed by atoms with Crippen LogP contribution in [0.25, 0.3) is 0 Å². The van der Waals surface area contributed by atoms with Gasteiger partial charge in [-0.05, 0) is 43.9 Å². The molecule has 0 spiro atoms. The highest BCUT2D eigenvalue weighted by molar-refractivity contribution is 5.18. The van der Waals surface area contributed by atoms with Crippen molar-refractivity contribution in [3.8, 4) is 0 Å². The van der Waals surface area contributed by atoms with E-state index in [1.807, 2.05) is 0 Å². The maximum absolute atomic E-state index is 5.63. The molecule has 0 aliphatic heterocycles. The van der Waals surface area contributed by atoms with Gasteiger partial charge < -0.3 is 9.73 Å². The molecule has 0 aliphatic rings. The van der Waals surface area contributed by atoms with Crippen LogP contribution in [0, 0.1) is 12.8 Å². The molecule has 0 saturated carbocycles. The Morgan fingerprint density at radius 2 is 2.06 bits per heavy atom. The fourth-order valence-electron chi connectivity index (χ4n) is 2.18. The van der Waals surface area contributed by atoms with Crippen LogP contribution < -0.4 is 5.32 Å². The molecule has 0 fully saturated rings. The first kappa shape index (κ1) is 13.3. The predicted molar refractivity (Wildman–Crippen MR) is 68.6 cm³/mol. The summed E-state index contributed by atoms with van der Waals surface area (Å²) in [6, 6.07) is 2.42. The number of aryl methyl sites for hydroxylation is 1. The van der Waals surface area contributed by atoms with Gasteiger partial charge in [0.05, 0.1) is 12.3 Å². The summed E-state index contributed by atoms with van der Waals surface area (Å²) in [4.78, 5) is 0. The monoisotopic (exact) mass is 223 g/mol. The van der Waals surface area contributed by atoms with Gasteiger partial charge in [-0.3, -0.25) is 0 Å². The Labute approximate surface area is 99.4 Å². The van der Waals surface area contributed by atoms with E-state index >= 15 is 0 Å². The van der Waals surface area contributed by atoms with E-state index in [1.54, 1.807) is 6.26 Å². The van der Waals surface area contributed by atoms with Gasteiger partial charge in [0.1, 0.15) is 5.76 Å². The van der Waals surface area contributed by atoms with Crippen molar-refractivity contribution in [3.05, 3.63) is 23.7 Å². The zero-order valence-corrected chi connectivity index (χ0v) is 11.0. The molecule has 92 valence electrons. The summed E-state index contributed by atoms with van der Waals surface area (Å²) in [5, 5.41) is 3.60. The lowest BCUT2D eigenvalue weighted by Crippen LogP contribution is -2.27. The highest BCUT2D eigenvalue weighted by Gasteiger charge is 2.22. The first-order chi connectivity index (χ1) is 7.70. The molecule has 0 radical (unpaired) electrons. The fraction of sp³-hybridized carbons (Fsp3) is 0.714. The molecule has 0 aromatic carbocycles. The largest absolute Gasteiger partial charge is 0.467 e. The summed E-state index contributed by atoms with van der Waals surface area (Å²) in [5.74, 6) is 1.75. The van der Waals surface area contributed by atoms with E-state index in [0.29, 0.717) is 12.0 Å². The third-order valence-corrected chi connectivity index (χ3v) is 3.11. The second kappa shape index (κ2) is 6.74. The summed E-state index contributed by atoms with van der Waals surface area (Å²) in [6.45, 7) is 9.92. The standard InChI is InChI=1S/C14H25NO/c1-5-7-11(3)13(15-9-6-2)14-12(4)8-10-16-14/h8,10-11,13,15H,5-7,9H2,1-4H3. The molecule has 1 aromatic rings. The number of rotatable bonds is 7. The average Bonchev–Trinajstić information content (AvgIpc) is 2.66. The maximum Gasteiger partial charge on any atom is 0.123 e. The smallest absolute Gasteiger partial charge is 0.123 e. The van der Waals surface area contributed by atoms with Crippen molar-refractivity contribution in [2.24, 2.45) is 5.92 Å². The lowest BCUT2D eigenvalue weighted by Gasteiger charge is -2.23. The van der Waals surface area contributed by atoms with E-state index in [4.69, 9.17) is 4.42 Å². The highest BCUT2D eigenvalue weighted by atomic mass is 16.3. The maximum atomic E-state index is 5.63. The third-order valence-electron chi connectivity index (χ3n) is 3.11. The van der Waals surface area contributed by atoms with Crippen LogP contribution in [0.3, 0.4) is 0 Å². The van der Waals surface area contributed by atoms with E-state index < -0.39 is 0 Å². The van der Waals surface area contributed by atoms with Crippen molar-refractivity contribution in [2.45, 2.75) is 53.0 Å². The van der Waals surface area contributed by atoms with Gasteiger partial charge in [-0.2, -0.15) is 0 Å². The zero-order valence-electron chi connectivity index (χ0n) is 11.0. The first-order valence-electron chi connectivity index (χ1n) is 6.48. The van der Waals surface area contributed by atoms with Crippen LogP contribution in [-0.4, -0.2) is 6.54 Å². The van der Waals surface area contributed by atoms with E-state index in [0.717, 1.165) is 18.7 Å². The van der Waals surface area contributed by atoms with Gasteiger partial charge in [0, 0.05) is 0 Å². The topological polar surface area (TPSA) is 25.2 Å². The number of hydrogen-bond donors (Lipinski definition) is 1. The Morgan fingerprint density at radius 1 is 1.31 bits per heavy atom. The molecule has 0 amide bonds. The molecule has 16 heavy (non-hydrogen) atoms. The van der Waals surface area contributed by atoms with Gasteiger partial charge in [0.15, 0.2) is 0 Å². The van der Waals surface area contributed by atoms with Crippen LogP contribution in [0.1, 0.15) is 57.4 Å². The Bertz CT molecular complexity index is 293. The quantitative estimate of drug-likeness (QED) is 0.754. The second-order valence-electron chi connectivity index (χ2n) is 4.67. The summed E-state index contributed by atoms with van der Waals surface area (Å²) in [7, 11) is 0. The molecule has 2 atom stereocenters. The van der Waals surface area contributed by atoms with Crippen molar-refractivity contribution >= 4 is 0 Å². The molecule has 0 saturated heterocycles. The lowest BCUT2D eigenvalue weighted by molar-refractivity contribution is 0.309. The molecule has 2 nitrogen and oxygen atoms in total. The summed E-state index contributed by atoms with van der Waals surface area (Å²) in [5.41, 5.74) is 1.26. The fourth-order valence-corrected chi connectivity index (χ4v) is 2.18. The summed E-state index contributed by atoms with van der Waals surface area (Å²) < 4.78 is 5.63. The van der Waals surface area contributed by atoms with E-state index in [1.165, 1.54) is 18.4 Å². The van der Waals surface area contributed by atoms with Gasteiger partial charge in [0.2, 0.25) is 0 Å². The van der Waals surface area contributed by atoms with Crippen molar-refractivity contribution < 1.29 is 4.42 Å². The Morgan fingerprint density at radius 3 is 2.56 bits per heavy atom. The van der Waals surface area contributed by atoms with Gasteiger partial charge >= 0.3 is 0 Å². The Hall–Kier alpha value is -0.760. The molecular formula is C14H25NO. The molecule has 0 bridgehead atoms. The Balaban J connectivity index is 2.74. The van der Waals surface area contributed by atoms with Crippen LogP contribution in [0.15, 0.2) is 16.7 Å². The van der Waals surface area contributed by atoms with Gasteiger partial charge in [-0.25, -0.2) is 0 Å². The third kappa shape index (κ3) is 3.38. The molecule has 1 aromatic heterocycles. The van der Waals surface area contributed by atoms with E-state index in [9.17, 15) is 0 Å². The minimum Gasteiger partial charge on any atom is -0.467 e. The minimum atomic E-state index is 0.370. The SMILES string of the molecule is CCCNC(c1occc1C)C(C)CCC. The van der Waals surface area contributed by atoms with E-state index in [-0.39, 0.29) is 0 Å². The Kier molecular flexibility index (Phi) is 5.61. The molecule has 1 rings (SSSR count). The molecule has 1 N–H and O–H groups in total. The van der Waals surface area contributed by atoms with Gasteiger partial charge in [-0.1, -0.05) is 27.2 Å². The number of nitrogens with one attached hydrogen (secondary N) is 1. The van der Waals surface area contributed by atoms with Crippen molar-refractivity contribution in [3.63, 3.8) is 0 Å². The van der Waals surface area contributed by atoms with Crippen LogP contribution in [-0.2, 0) is 0 Å². The molecule has 0 aliphatic carbocycles. The van der Waals surface area contributed by atoms with Crippen molar-refractivity contribution in [2.75, 3.05) is 6.54 Å². The number of furan rings is 1. The van der Waals surface area contributed by atoms with Gasteiger partial charge in [-0.15, -0.1) is 0 Å². The molecule has 2 unspecified atom stereocenters. The normalized spacial score (nSPS) is 15.0. The summed E-state index contributed by atoms with van der Waals surface area (Å²) in [6.07, 6.45) is 5.42. The van der Waals surface area contributed by atoms with Crippen LogP contribution in [0.2, 0.25) is 0 Å². The highest BCUT2D eigenvalue weighted by Crippen LogP contribution is 2.28. The molecule has 1 heterocycles.